The first kappa shape index (κ1) is 19.0. The summed E-state index contributed by atoms with van der Waals surface area (Å²) in [7, 11) is 3.78. The van der Waals surface area contributed by atoms with Crippen molar-refractivity contribution in [2.45, 2.75) is 34.2 Å². The molecular weight excluding hydrogens is 288 g/mol. The van der Waals surface area contributed by atoms with Crippen molar-refractivity contribution < 1.29 is 4.79 Å². The van der Waals surface area contributed by atoms with Gasteiger partial charge < -0.3 is 15.5 Å². The molecule has 5 nitrogen and oxygen atoms in total. The maximum Gasteiger partial charge on any atom is 0.225 e. The number of aryl methyl sites for hydroxylation is 1. The van der Waals surface area contributed by atoms with Crippen molar-refractivity contribution in [1.29, 1.82) is 0 Å². The highest BCUT2D eigenvalue weighted by Crippen LogP contribution is 2.12. The summed E-state index contributed by atoms with van der Waals surface area (Å²) in [6.45, 7) is 9.85. The molecule has 1 aromatic carbocycles. The van der Waals surface area contributed by atoms with E-state index in [0.717, 1.165) is 12.5 Å². The minimum absolute atomic E-state index is 0.0579. The van der Waals surface area contributed by atoms with Crippen LogP contribution in [-0.2, 0) is 11.3 Å². The lowest BCUT2D eigenvalue weighted by atomic mass is 9.96. The number of amides is 1. The molecule has 2 N–H and O–H groups in total. The maximum atomic E-state index is 11.8. The molecule has 0 aliphatic rings. The van der Waals surface area contributed by atoms with Gasteiger partial charge in [0.15, 0.2) is 5.96 Å². The van der Waals surface area contributed by atoms with Gasteiger partial charge in [0.1, 0.15) is 0 Å². The van der Waals surface area contributed by atoms with Crippen LogP contribution in [0.5, 0.6) is 0 Å². The largest absolute Gasteiger partial charge is 0.354 e. The molecule has 0 saturated heterocycles. The fourth-order valence-electron chi connectivity index (χ4n) is 2.12. The molecule has 23 heavy (non-hydrogen) atoms. The average molecular weight is 318 g/mol. The van der Waals surface area contributed by atoms with Crippen LogP contribution in [0.3, 0.4) is 0 Å². The third-order valence-electron chi connectivity index (χ3n) is 3.62. The molecule has 0 fully saturated rings. The van der Waals surface area contributed by atoms with Crippen LogP contribution < -0.4 is 10.6 Å². The van der Waals surface area contributed by atoms with Gasteiger partial charge >= 0.3 is 0 Å². The lowest BCUT2D eigenvalue weighted by Crippen LogP contribution is -2.44. The predicted molar refractivity (Wildman–Crippen MR) is 96.5 cm³/mol. The first-order chi connectivity index (χ1) is 10.8. The van der Waals surface area contributed by atoms with Crippen molar-refractivity contribution >= 4 is 11.9 Å². The molecule has 0 bridgehead atoms. The highest BCUT2D eigenvalue weighted by Gasteiger charge is 2.20. The van der Waals surface area contributed by atoms with Crippen LogP contribution in [0, 0.1) is 12.3 Å². The van der Waals surface area contributed by atoms with Crippen molar-refractivity contribution in [1.82, 2.24) is 15.5 Å². The Morgan fingerprint density at radius 1 is 1.17 bits per heavy atom. The second kappa shape index (κ2) is 8.56. The third kappa shape index (κ3) is 6.30. The van der Waals surface area contributed by atoms with Gasteiger partial charge in [0.25, 0.3) is 0 Å². The highest BCUT2D eigenvalue weighted by molar-refractivity contribution is 5.81. The predicted octanol–water partition coefficient (Wildman–Crippen LogP) is 2.16. The monoisotopic (exact) mass is 318 g/mol. The number of hydrogen-bond acceptors (Lipinski definition) is 2. The van der Waals surface area contributed by atoms with Crippen LogP contribution in [0.2, 0.25) is 0 Å². The van der Waals surface area contributed by atoms with Gasteiger partial charge in [-0.1, -0.05) is 45.0 Å². The van der Waals surface area contributed by atoms with Gasteiger partial charge in [-0.2, -0.15) is 0 Å². The minimum atomic E-state index is -0.358. The number of hydrogen-bond donors (Lipinski definition) is 2. The first-order valence-corrected chi connectivity index (χ1v) is 8.00. The van der Waals surface area contributed by atoms with Gasteiger partial charge in [0.05, 0.1) is 0 Å². The molecule has 0 heterocycles. The number of rotatable bonds is 5. The Labute approximate surface area is 140 Å². The van der Waals surface area contributed by atoms with Crippen LogP contribution in [0.25, 0.3) is 0 Å². The highest BCUT2D eigenvalue weighted by atomic mass is 16.2. The van der Waals surface area contributed by atoms with Crippen LogP contribution in [0.4, 0.5) is 0 Å². The van der Waals surface area contributed by atoms with Crippen molar-refractivity contribution in [2.75, 3.05) is 27.2 Å². The van der Waals surface area contributed by atoms with Crippen LogP contribution in [0.15, 0.2) is 29.3 Å². The Morgan fingerprint density at radius 2 is 1.78 bits per heavy atom. The van der Waals surface area contributed by atoms with E-state index in [4.69, 9.17) is 0 Å². The van der Waals surface area contributed by atoms with Gasteiger partial charge in [0.2, 0.25) is 5.91 Å². The summed E-state index contributed by atoms with van der Waals surface area (Å²) in [5.74, 6) is 0.876. The molecule has 0 aliphatic heterocycles. The van der Waals surface area contributed by atoms with Crippen molar-refractivity contribution in [3.8, 4) is 0 Å². The molecule has 0 aliphatic carbocycles. The van der Waals surface area contributed by atoms with Gasteiger partial charge in [-0.3, -0.25) is 9.79 Å². The number of carbonyl (C=O) groups is 1. The zero-order chi connectivity index (χ0) is 17.5. The molecule has 0 atom stereocenters. The second-order valence-corrected chi connectivity index (χ2v) is 6.76. The van der Waals surface area contributed by atoms with E-state index in [0.29, 0.717) is 13.1 Å². The summed E-state index contributed by atoms with van der Waals surface area (Å²) < 4.78 is 0. The Balaban J connectivity index is 2.45. The summed E-state index contributed by atoms with van der Waals surface area (Å²) >= 11 is 0. The van der Waals surface area contributed by atoms with E-state index < -0.39 is 0 Å². The zero-order valence-corrected chi connectivity index (χ0v) is 15.2. The lowest BCUT2D eigenvalue weighted by Gasteiger charge is -2.23. The molecule has 0 saturated carbocycles. The van der Waals surface area contributed by atoms with Gasteiger partial charge in [-0.15, -0.1) is 0 Å². The summed E-state index contributed by atoms with van der Waals surface area (Å²) in [4.78, 5) is 18.2. The van der Waals surface area contributed by atoms with Gasteiger partial charge in [-0.05, 0) is 18.1 Å². The quantitative estimate of drug-likeness (QED) is 0.497. The van der Waals surface area contributed by atoms with E-state index in [1.807, 2.05) is 40.0 Å². The fraction of sp³-hybridized carbons (Fsp3) is 0.556. The smallest absolute Gasteiger partial charge is 0.225 e. The number of benzene rings is 1. The van der Waals surface area contributed by atoms with E-state index in [1.54, 1.807) is 7.05 Å². The fourth-order valence-corrected chi connectivity index (χ4v) is 2.12. The number of aliphatic imine (C=N–C) groups is 1. The summed E-state index contributed by atoms with van der Waals surface area (Å²) in [6.07, 6.45) is 0. The molecule has 1 rings (SSSR count). The maximum absolute atomic E-state index is 11.8. The van der Waals surface area contributed by atoms with E-state index in [2.05, 4.69) is 39.6 Å². The molecule has 0 aromatic heterocycles. The van der Waals surface area contributed by atoms with Crippen molar-refractivity contribution in [3.63, 3.8) is 0 Å². The number of nitrogens with one attached hydrogen (secondary N) is 2. The van der Waals surface area contributed by atoms with Gasteiger partial charge in [0, 0.05) is 39.1 Å². The normalized spacial score (nSPS) is 12.0. The summed E-state index contributed by atoms with van der Waals surface area (Å²) in [5, 5.41) is 6.20. The van der Waals surface area contributed by atoms with E-state index in [-0.39, 0.29) is 11.3 Å². The Morgan fingerprint density at radius 3 is 2.35 bits per heavy atom. The second-order valence-electron chi connectivity index (χ2n) is 6.76. The Hall–Kier alpha value is -2.04. The minimum Gasteiger partial charge on any atom is -0.354 e. The molecule has 128 valence electrons. The molecule has 1 aromatic rings. The summed E-state index contributed by atoms with van der Waals surface area (Å²) in [6, 6.07) is 8.34. The molecule has 5 heteroatoms. The standard InChI is InChI=1S/C18H30N4O/c1-14-9-7-8-10-15(14)13-22(6)17(19-5)21-12-11-20-16(23)18(2,3)4/h7-10H,11-13H2,1-6H3,(H,19,21)(H,20,23). The zero-order valence-electron chi connectivity index (χ0n) is 15.2. The van der Waals surface area contributed by atoms with E-state index in [1.165, 1.54) is 11.1 Å². The third-order valence-corrected chi connectivity index (χ3v) is 3.62. The van der Waals surface area contributed by atoms with Crippen molar-refractivity contribution in [2.24, 2.45) is 10.4 Å². The average Bonchev–Trinajstić information content (AvgIpc) is 2.48. The van der Waals surface area contributed by atoms with Crippen LogP contribution in [0.1, 0.15) is 31.9 Å². The van der Waals surface area contributed by atoms with E-state index in [9.17, 15) is 4.79 Å². The van der Waals surface area contributed by atoms with Crippen LogP contribution >= 0.6 is 0 Å². The molecule has 0 radical (unpaired) electrons. The molecular formula is C18H30N4O. The Bertz CT molecular complexity index is 546. The molecule has 1 amide bonds. The SMILES string of the molecule is CN=C(NCCNC(=O)C(C)(C)C)N(C)Cc1ccccc1C. The molecule has 0 spiro atoms. The molecule has 0 unspecified atom stereocenters. The van der Waals surface area contributed by atoms with Gasteiger partial charge in [-0.25, -0.2) is 0 Å². The Kier molecular flexibility index (Phi) is 7.07. The van der Waals surface area contributed by atoms with Crippen molar-refractivity contribution in [3.05, 3.63) is 35.4 Å². The first-order valence-electron chi connectivity index (χ1n) is 8.00. The topological polar surface area (TPSA) is 56.7 Å². The number of nitrogens with zero attached hydrogens (tertiary/aromatic N) is 2. The lowest BCUT2D eigenvalue weighted by molar-refractivity contribution is -0.128. The summed E-state index contributed by atoms with van der Waals surface area (Å²) in [5.41, 5.74) is 2.19. The number of guanidine groups is 1. The van der Waals surface area contributed by atoms with E-state index >= 15 is 0 Å². The number of carbonyl (C=O) groups excluding carboxylic acids is 1. The van der Waals surface area contributed by atoms with Crippen LogP contribution in [-0.4, -0.2) is 44.0 Å².